The van der Waals surface area contributed by atoms with Crippen LogP contribution in [0, 0.1) is 0 Å². The molecule has 7 nitrogen and oxygen atoms in total. The van der Waals surface area contributed by atoms with E-state index in [1.165, 1.54) is 25.3 Å². The van der Waals surface area contributed by atoms with Crippen molar-refractivity contribution in [3.8, 4) is 11.5 Å². The monoisotopic (exact) mass is 399 g/mol. The Labute approximate surface area is 169 Å². The summed E-state index contributed by atoms with van der Waals surface area (Å²) >= 11 is 0. The predicted molar refractivity (Wildman–Crippen MR) is 107 cm³/mol. The maximum absolute atomic E-state index is 12.3. The molecule has 0 saturated carbocycles. The SMILES string of the molecule is COc1cc(C(=O)OCC(=O)c2ccc(C(C)(C)C)cc2)ccc1OCC(N)=O. The summed E-state index contributed by atoms with van der Waals surface area (Å²) in [7, 11) is 1.40. The Bertz CT molecular complexity index is 897. The molecule has 2 aromatic carbocycles. The largest absolute Gasteiger partial charge is 0.493 e. The maximum Gasteiger partial charge on any atom is 0.338 e. The highest BCUT2D eigenvalue weighted by atomic mass is 16.5. The molecular formula is C22H25NO6. The zero-order valence-electron chi connectivity index (χ0n) is 17.0. The number of nitrogens with two attached hydrogens (primary N) is 1. The summed E-state index contributed by atoms with van der Waals surface area (Å²) in [6, 6.07) is 11.6. The first-order valence-corrected chi connectivity index (χ1v) is 9.02. The molecule has 0 aliphatic heterocycles. The molecule has 0 aliphatic carbocycles. The lowest BCUT2D eigenvalue weighted by Crippen LogP contribution is -2.20. The lowest BCUT2D eigenvalue weighted by atomic mass is 9.86. The summed E-state index contributed by atoms with van der Waals surface area (Å²) in [5.41, 5.74) is 6.79. The second-order valence-corrected chi connectivity index (χ2v) is 7.45. The lowest BCUT2D eigenvalue weighted by molar-refractivity contribution is -0.119. The number of primary amides is 1. The highest BCUT2D eigenvalue weighted by Gasteiger charge is 2.17. The zero-order chi connectivity index (χ0) is 21.6. The van der Waals surface area contributed by atoms with Crippen molar-refractivity contribution in [1.29, 1.82) is 0 Å². The van der Waals surface area contributed by atoms with Gasteiger partial charge in [-0.25, -0.2) is 4.79 Å². The second kappa shape index (κ2) is 9.23. The Morgan fingerprint density at radius 3 is 2.07 bits per heavy atom. The average molecular weight is 399 g/mol. The molecule has 154 valence electrons. The molecule has 0 heterocycles. The Hall–Kier alpha value is -3.35. The van der Waals surface area contributed by atoms with Crippen molar-refractivity contribution in [1.82, 2.24) is 0 Å². The molecular weight excluding hydrogens is 374 g/mol. The molecule has 0 saturated heterocycles. The van der Waals surface area contributed by atoms with Gasteiger partial charge in [-0.2, -0.15) is 0 Å². The van der Waals surface area contributed by atoms with Crippen LogP contribution >= 0.6 is 0 Å². The van der Waals surface area contributed by atoms with Crippen molar-refractivity contribution in [3.05, 3.63) is 59.2 Å². The van der Waals surface area contributed by atoms with Crippen LogP contribution in [0.25, 0.3) is 0 Å². The van der Waals surface area contributed by atoms with E-state index >= 15 is 0 Å². The topological polar surface area (TPSA) is 105 Å². The quantitative estimate of drug-likeness (QED) is 0.541. The van der Waals surface area contributed by atoms with Gasteiger partial charge in [-0.15, -0.1) is 0 Å². The Balaban J connectivity index is 2.01. The number of carbonyl (C=O) groups excluding carboxylic acids is 3. The normalized spacial score (nSPS) is 10.9. The molecule has 2 aromatic rings. The van der Waals surface area contributed by atoms with Gasteiger partial charge in [-0.1, -0.05) is 45.0 Å². The minimum absolute atomic E-state index is 0.0135. The van der Waals surface area contributed by atoms with Gasteiger partial charge in [0.2, 0.25) is 0 Å². The average Bonchev–Trinajstić information content (AvgIpc) is 2.69. The van der Waals surface area contributed by atoms with Gasteiger partial charge in [-0.3, -0.25) is 9.59 Å². The number of methoxy groups -OCH3 is 1. The number of rotatable bonds is 8. The summed E-state index contributed by atoms with van der Waals surface area (Å²) in [5, 5.41) is 0. The molecule has 2 rings (SSSR count). The lowest BCUT2D eigenvalue weighted by Gasteiger charge is -2.18. The van der Waals surface area contributed by atoms with E-state index in [4.69, 9.17) is 19.9 Å². The fourth-order valence-corrected chi connectivity index (χ4v) is 2.52. The Morgan fingerprint density at radius 2 is 1.52 bits per heavy atom. The van der Waals surface area contributed by atoms with Crippen LogP contribution in [0.15, 0.2) is 42.5 Å². The van der Waals surface area contributed by atoms with E-state index in [0.29, 0.717) is 5.56 Å². The Morgan fingerprint density at radius 1 is 0.897 bits per heavy atom. The summed E-state index contributed by atoms with van der Waals surface area (Å²) in [5.74, 6) is -1.11. The number of ether oxygens (including phenoxy) is 3. The van der Waals surface area contributed by atoms with Crippen LogP contribution in [0.4, 0.5) is 0 Å². The van der Waals surface area contributed by atoms with Crippen LogP contribution in [0.1, 0.15) is 47.1 Å². The molecule has 7 heteroatoms. The van der Waals surface area contributed by atoms with Gasteiger partial charge < -0.3 is 19.9 Å². The third-order valence-corrected chi connectivity index (χ3v) is 4.18. The number of ketones is 1. The van der Waals surface area contributed by atoms with Crippen LogP contribution in [0.2, 0.25) is 0 Å². The number of amides is 1. The predicted octanol–water partition coefficient (Wildman–Crippen LogP) is 2.90. The first kappa shape index (κ1) is 21.9. The molecule has 0 fully saturated rings. The van der Waals surface area contributed by atoms with Crippen LogP contribution in [-0.4, -0.2) is 38.0 Å². The highest BCUT2D eigenvalue weighted by Crippen LogP contribution is 2.28. The molecule has 0 aliphatic rings. The number of benzene rings is 2. The minimum Gasteiger partial charge on any atom is -0.493 e. The fourth-order valence-electron chi connectivity index (χ4n) is 2.52. The molecule has 0 radical (unpaired) electrons. The van der Waals surface area contributed by atoms with Crippen molar-refractivity contribution in [3.63, 3.8) is 0 Å². The van der Waals surface area contributed by atoms with E-state index in [1.54, 1.807) is 12.1 Å². The summed E-state index contributed by atoms with van der Waals surface area (Å²) in [4.78, 5) is 35.4. The molecule has 0 bridgehead atoms. The van der Waals surface area contributed by atoms with Crippen LogP contribution < -0.4 is 15.2 Å². The van der Waals surface area contributed by atoms with Gasteiger partial charge >= 0.3 is 5.97 Å². The van der Waals surface area contributed by atoms with E-state index < -0.39 is 11.9 Å². The summed E-state index contributed by atoms with van der Waals surface area (Å²) < 4.78 is 15.5. The molecule has 1 amide bonds. The van der Waals surface area contributed by atoms with Gasteiger partial charge in [0.1, 0.15) is 0 Å². The first-order valence-electron chi connectivity index (χ1n) is 9.02. The van der Waals surface area contributed by atoms with Crippen molar-refractivity contribution < 1.29 is 28.6 Å². The second-order valence-electron chi connectivity index (χ2n) is 7.45. The zero-order valence-corrected chi connectivity index (χ0v) is 17.0. The standard InChI is InChI=1S/C22H25NO6/c1-22(2,3)16-8-5-14(6-9-16)17(24)12-29-21(26)15-7-10-18(19(11-15)27-4)28-13-20(23)25/h5-11H,12-13H2,1-4H3,(H2,23,25). The highest BCUT2D eigenvalue weighted by molar-refractivity contribution is 5.99. The third-order valence-electron chi connectivity index (χ3n) is 4.18. The molecule has 0 aromatic heterocycles. The van der Waals surface area contributed by atoms with E-state index in [2.05, 4.69) is 20.8 Å². The number of Topliss-reactive ketones (excluding diaryl/α,β-unsaturated/α-hetero) is 1. The third kappa shape index (κ3) is 6.07. The van der Waals surface area contributed by atoms with Crippen LogP contribution in [0.3, 0.4) is 0 Å². The van der Waals surface area contributed by atoms with Crippen molar-refractivity contribution in [2.24, 2.45) is 5.73 Å². The molecule has 29 heavy (non-hydrogen) atoms. The van der Waals surface area contributed by atoms with Crippen molar-refractivity contribution in [2.75, 3.05) is 20.3 Å². The van der Waals surface area contributed by atoms with Gasteiger partial charge in [0, 0.05) is 5.56 Å². The van der Waals surface area contributed by atoms with E-state index in [9.17, 15) is 14.4 Å². The smallest absolute Gasteiger partial charge is 0.338 e. The van der Waals surface area contributed by atoms with Gasteiger partial charge in [0.05, 0.1) is 12.7 Å². The molecule has 2 N–H and O–H groups in total. The molecule has 0 spiro atoms. The van der Waals surface area contributed by atoms with Crippen molar-refractivity contribution in [2.45, 2.75) is 26.2 Å². The van der Waals surface area contributed by atoms with Gasteiger partial charge in [-0.05, 0) is 29.2 Å². The number of hydrogen-bond donors (Lipinski definition) is 1. The van der Waals surface area contributed by atoms with Crippen LogP contribution in [0.5, 0.6) is 11.5 Å². The van der Waals surface area contributed by atoms with Gasteiger partial charge in [0.25, 0.3) is 5.91 Å². The van der Waals surface area contributed by atoms with E-state index in [1.807, 2.05) is 12.1 Å². The van der Waals surface area contributed by atoms with E-state index in [0.717, 1.165) is 5.56 Å². The number of hydrogen-bond acceptors (Lipinski definition) is 6. The van der Waals surface area contributed by atoms with Crippen molar-refractivity contribution >= 4 is 17.7 Å². The Kier molecular flexibility index (Phi) is 6.98. The fraction of sp³-hybridized carbons (Fsp3) is 0.318. The maximum atomic E-state index is 12.3. The first-order chi connectivity index (χ1) is 13.6. The number of carbonyl (C=O) groups is 3. The summed E-state index contributed by atoms with van der Waals surface area (Å²) in [6.07, 6.45) is 0. The molecule has 0 atom stereocenters. The van der Waals surface area contributed by atoms with Crippen LogP contribution in [-0.2, 0) is 14.9 Å². The minimum atomic E-state index is -0.676. The molecule has 0 unspecified atom stereocenters. The van der Waals surface area contributed by atoms with E-state index in [-0.39, 0.29) is 41.5 Å². The number of esters is 1. The van der Waals surface area contributed by atoms with Gasteiger partial charge in [0.15, 0.2) is 30.5 Å². The summed E-state index contributed by atoms with van der Waals surface area (Å²) in [6.45, 7) is 5.57.